The molecule has 0 aromatic heterocycles. The quantitative estimate of drug-likeness (QED) is 0.912. The molecule has 1 fully saturated rings. The number of hydrogen-bond acceptors (Lipinski definition) is 2. The van der Waals surface area contributed by atoms with Crippen LogP contribution in [0.2, 0.25) is 0 Å². The first-order chi connectivity index (χ1) is 9.58. The third-order valence-corrected chi connectivity index (χ3v) is 4.83. The Bertz CT molecular complexity index is 529. The van der Waals surface area contributed by atoms with Crippen LogP contribution in [0.4, 0.5) is 0 Å². The summed E-state index contributed by atoms with van der Waals surface area (Å²) in [5.41, 5.74) is 2.61. The second kappa shape index (κ2) is 4.93. The van der Waals surface area contributed by atoms with Crippen LogP contribution in [0.15, 0.2) is 24.3 Å². The molecule has 0 saturated heterocycles. The fourth-order valence-electron chi connectivity index (χ4n) is 3.34. The Hall–Kier alpha value is -1.84. The molecule has 2 aliphatic carbocycles. The van der Waals surface area contributed by atoms with Gasteiger partial charge in [-0.1, -0.05) is 24.3 Å². The Labute approximate surface area is 118 Å². The third kappa shape index (κ3) is 2.09. The molecule has 2 atom stereocenters. The van der Waals surface area contributed by atoms with Crippen molar-refractivity contribution in [1.82, 2.24) is 4.90 Å². The summed E-state index contributed by atoms with van der Waals surface area (Å²) in [6.07, 6.45) is 3.09. The molecule has 1 N–H and O–H groups in total. The number of amides is 1. The van der Waals surface area contributed by atoms with Crippen LogP contribution >= 0.6 is 0 Å². The molecule has 1 saturated carbocycles. The highest BCUT2D eigenvalue weighted by molar-refractivity contribution is 5.86. The molecule has 0 radical (unpaired) electrons. The van der Waals surface area contributed by atoms with Crippen LogP contribution in [0, 0.1) is 11.8 Å². The molecule has 0 heterocycles. The minimum absolute atomic E-state index is 0.00135. The van der Waals surface area contributed by atoms with E-state index in [1.807, 2.05) is 19.2 Å². The van der Waals surface area contributed by atoms with E-state index in [1.165, 1.54) is 11.1 Å². The molecule has 3 rings (SSSR count). The number of carbonyl (C=O) groups excluding carboxylic acids is 1. The van der Waals surface area contributed by atoms with Crippen molar-refractivity contribution in [3.63, 3.8) is 0 Å². The topological polar surface area (TPSA) is 57.6 Å². The summed E-state index contributed by atoms with van der Waals surface area (Å²) >= 11 is 0. The van der Waals surface area contributed by atoms with E-state index in [-0.39, 0.29) is 17.9 Å². The van der Waals surface area contributed by atoms with Gasteiger partial charge in [0, 0.05) is 13.1 Å². The van der Waals surface area contributed by atoms with Gasteiger partial charge in [-0.25, -0.2) is 0 Å². The Kier molecular flexibility index (Phi) is 3.24. The second-order valence-electron chi connectivity index (χ2n) is 5.91. The molecule has 106 valence electrons. The number of benzene rings is 1. The van der Waals surface area contributed by atoms with Crippen molar-refractivity contribution >= 4 is 11.9 Å². The molecule has 2 unspecified atom stereocenters. The van der Waals surface area contributed by atoms with E-state index >= 15 is 0 Å². The molecule has 0 aliphatic heterocycles. The highest BCUT2D eigenvalue weighted by Gasteiger charge is 2.44. The third-order valence-electron chi connectivity index (χ3n) is 4.83. The summed E-state index contributed by atoms with van der Waals surface area (Å²) in [7, 11) is 1.82. The molecule has 4 nitrogen and oxygen atoms in total. The molecule has 20 heavy (non-hydrogen) atoms. The van der Waals surface area contributed by atoms with E-state index in [0.29, 0.717) is 12.8 Å². The Balaban J connectivity index is 1.67. The fourth-order valence-corrected chi connectivity index (χ4v) is 3.34. The first kappa shape index (κ1) is 13.2. The van der Waals surface area contributed by atoms with Gasteiger partial charge in [0.2, 0.25) is 5.91 Å². The summed E-state index contributed by atoms with van der Waals surface area (Å²) < 4.78 is 0. The lowest BCUT2D eigenvalue weighted by Crippen LogP contribution is -2.48. The summed E-state index contributed by atoms with van der Waals surface area (Å²) in [6, 6.07) is 8.44. The zero-order chi connectivity index (χ0) is 14.3. The number of aliphatic carboxylic acids is 1. The molecule has 1 amide bonds. The first-order valence-electron chi connectivity index (χ1n) is 7.14. The van der Waals surface area contributed by atoms with E-state index in [4.69, 9.17) is 5.11 Å². The van der Waals surface area contributed by atoms with Crippen molar-refractivity contribution in [2.45, 2.75) is 31.7 Å². The number of likely N-dealkylation sites (N-methyl/N-ethyl adjacent to an activating group) is 1. The van der Waals surface area contributed by atoms with Crippen molar-refractivity contribution in [2.75, 3.05) is 7.05 Å². The van der Waals surface area contributed by atoms with Gasteiger partial charge in [-0.3, -0.25) is 9.59 Å². The minimum Gasteiger partial charge on any atom is -0.481 e. The lowest BCUT2D eigenvalue weighted by Gasteiger charge is -2.37. The predicted octanol–water partition coefficient (Wildman–Crippen LogP) is 1.72. The number of rotatable bonds is 3. The molecule has 4 heteroatoms. The smallest absolute Gasteiger partial charge is 0.307 e. The summed E-state index contributed by atoms with van der Waals surface area (Å²) in [5.74, 6) is -1.63. The van der Waals surface area contributed by atoms with Crippen LogP contribution in [-0.4, -0.2) is 35.0 Å². The minimum atomic E-state index is -0.835. The lowest BCUT2D eigenvalue weighted by atomic mass is 9.73. The van der Waals surface area contributed by atoms with Gasteiger partial charge in [0.15, 0.2) is 0 Å². The van der Waals surface area contributed by atoms with Crippen LogP contribution in [0.3, 0.4) is 0 Å². The van der Waals surface area contributed by atoms with Gasteiger partial charge in [0.1, 0.15) is 0 Å². The zero-order valence-corrected chi connectivity index (χ0v) is 11.6. The standard InChI is InChI=1S/C16H19NO3/c1-17(15(18)13-6-7-14(13)16(19)20)12-8-10-4-2-3-5-11(10)9-12/h2-5,12-14H,6-9H2,1H3,(H,19,20). The van der Waals surface area contributed by atoms with E-state index in [1.54, 1.807) is 4.90 Å². The van der Waals surface area contributed by atoms with Crippen molar-refractivity contribution in [2.24, 2.45) is 11.8 Å². The van der Waals surface area contributed by atoms with Crippen LogP contribution in [0.5, 0.6) is 0 Å². The van der Waals surface area contributed by atoms with E-state index in [0.717, 1.165) is 12.8 Å². The van der Waals surface area contributed by atoms with Gasteiger partial charge >= 0.3 is 5.97 Å². The number of carboxylic acid groups (broad SMARTS) is 1. The molecule has 0 bridgehead atoms. The summed E-state index contributed by atoms with van der Waals surface area (Å²) in [6.45, 7) is 0. The molecule has 2 aliphatic rings. The van der Waals surface area contributed by atoms with Gasteiger partial charge in [-0.2, -0.15) is 0 Å². The SMILES string of the molecule is CN(C(=O)C1CCC1C(=O)O)C1Cc2ccccc2C1. The molecular formula is C16H19NO3. The highest BCUT2D eigenvalue weighted by Crippen LogP contribution is 2.37. The second-order valence-corrected chi connectivity index (χ2v) is 5.91. The molecule has 0 spiro atoms. The predicted molar refractivity (Wildman–Crippen MR) is 74.3 cm³/mol. The Morgan fingerprint density at radius 1 is 1.10 bits per heavy atom. The maximum absolute atomic E-state index is 12.4. The van der Waals surface area contributed by atoms with Gasteiger partial charge in [0.25, 0.3) is 0 Å². The van der Waals surface area contributed by atoms with Crippen LogP contribution < -0.4 is 0 Å². The molecular weight excluding hydrogens is 254 g/mol. The zero-order valence-electron chi connectivity index (χ0n) is 11.6. The van der Waals surface area contributed by atoms with Gasteiger partial charge in [0.05, 0.1) is 11.8 Å². The van der Waals surface area contributed by atoms with Crippen molar-refractivity contribution in [3.05, 3.63) is 35.4 Å². The van der Waals surface area contributed by atoms with Crippen molar-refractivity contribution < 1.29 is 14.7 Å². The Morgan fingerprint density at radius 2 is 1.65 bits per heavy atom. The first-order valence-corrected chi connectivity index (χ1v) is 7.14. The summed E-state index contributed by atoms with van der Waals surface area (Å²) in [5, 5.41) is 9.07. The van der Waals surface area contributed by atoms with E-state index in [9.17, 15) is 9.59 Å². The lowest BCUT2D eigenvalue weighted by molar-refractivity contribution is -0.156. The van der Waals surface area contributed by atoms with Gasteiger partial charge < -0.3 is 10.0 Å². The van der Waals surface area contributed by atoms with Gasteiger partial charge in [-0.05, 0) is 36.8 Å². The van der Waals surface area contributed by atoms with Crippen LogP contribution in [0.1, 0.15) is 24.0 Å². The number of nitrogens with zero attached hydrogens (tertiary/aromatic N) is 1. The number of fused-ring (bicyclic) bond motifs is 1. The maximum atomic E-state index is 12.4. The molecule has 1 aromatic rings. The van der Waals surface area contributed by atoms with Gasteiger partial charge in [-0.15, -0.1) is 0 Å². The number of carbonyl (C=O) groups is 2. The van der Waals surface area contributed by atoms with Crippen LogP contribution in [-0.2, 0) is 22.4 Å². The average Bonchev–Trinajstić information content (AvgIpc) is 2.79. The highest BCUT2D eigenvalue weighted by atomic mass is 16.4. The average molecular weight is 273 g/mol. The van der Waals surface area contributed by atoms with Crippen molar-refractivity contribution in [3.8, 4) is 0 Å². The monoisotopic (exact) mass is 273 g/mol. The Morgan fingerprint density at radius 3 is 2.10 bits per heavy atom. The molecule has 1 aromatic carbocycles. The maximum Gasteiger partial charge on any atom is 0.307 e. The fraction of sp³-hybridized carbons (Fsp3) is 0.500. The normalized spacial score (nSPS) is 24.9. The largest absolute Gasteiger partial charge is 0.481 e. The number of carboxylic acids is 1. The van der Waals surface area contributed by atoms with E-state index < -0.39 is 11.9 Å². The van der Waals surface area contributed by atoms with E-state index in [2.05, 4.69) is 12.1 Å². The van der Waals surface area contributed by atoms with Crippen molar-refractivity contribution in [1.29, 1.82) is 0 Å². The number of hydrogen-bond donors (Lipinski definition) is 1. The summed E-state index contributed by atoms with van der Waals surface area (Å²) in [4.78, 5) is 25.3. The van der Waals surface area contributed by atoms with Crippen LogP contribution in [0.25, 0.3) is 0 Å².